The third-order valence-corrected chi connectivity index (χ3v) is 5.12. The summed E-state index contributed by atoms with van der Waals surface area (Å²) in [6.45, 7) is 5.16. The number of nitrogens with one attached hydrogen (secondary N) is 2. The van der Waals surface area contributed by atoms with Crippen LogP contribution in [0.4, 0.5) is 38.3 Å². The lowest BCUT2D eigenvalue weighted by molar-refractivity contribution is 0.482. The van der Waals surface area contributed by atoms with Gasteiger partial charge in [0.25, 0.3) is 0 Å². The van der Waals surface area contributed by atoms with E-state index in [0.29, 0.717) is 37.7 Å². The first-order valence-electron chi connectivity index (χ1n) is 10.2. The highest BCUT2D eigenvalue weighted by Gasteiger charge is 2.24. The van der Waals surface area contributed by atoms with E-state index in [9.17, 15) is 14.0 Å². The molecule has 0 bridgehead atoms. The van der Waals surface area contributed by atoms with E-state index in [1.165, 1.54) is 4.90 Å². The Balaban J connectivity index is 1.72. The number of piperidine rings is 1. The van der Waals surface area contributed by atoms with Crippen LogP contribution in [0.3, 0.4) is 0 Å². The van der Waals surface area contributed by atoms with Crippen molar-refractivity contribution in [2.75, 3.05) is 34.8 Å². The van der Waals surface area contributed by atoms with E-state index in [-0.39, 0.29) is 30.2 Å². The van der Waals surface area contributed by atoms with Gasteiger partial charge >= 0.3 is 0 Å². The summed E-state index contributed by atoms with van der Waals surface area (Å²) in [7, 11) is 0. The van der Waals surface area contributed by atoms with E-state index in [1.54, 1.807) is 13.0 Å². The molecule has 3 aromatic heterocycles. The van der Waals surface area contributed by atoms with Gasteiger partial charge in [-0.05, 0) is 26.7 Å². The SMILES string of the molecule is CCN(c1nc(Nc2cc(C)[nH]n2)nc(N2CCC(C#N)CC2)n1)c1ncc(F)cc1F. The summed E-state index contributed by atoms with van der Waals surface area (Å²) in [4.78, 5) is 20.8. The van der Waals surface area contributed by atoms with Crippen LogP contribution in [0.15, 0.2) is 18.3 Å². The highest BCUT2D eigenvalue weighted by Crippen LogP contribution is 2.28. The summed E-state index contributed by atoms with van der Waals surface area (Å²) in [5, 5.41) is 19.2. The number of hydrogen-bond acceptors (Lipinski definition) is 9. The van der Waals surface area contributed by atoms with Gasteiger partial charge < -0.3 is 10.2 Å². The molecule has 0 saturated carbocycles. The molecule has 0 spiro atoms. The van der Waals surface area contributed by atoms with Crippen LogP contribution in [0.2, 0.25) is 0 Å². The maximum Gasteiger partial charge on any atom is 0.237 e. The Morgan fingerprint density at radius 3 is 2.66 bits per heavy atom. The van der Waals surface area contributed by atoms with Gasteiger partial charge in [0.1, 0.15) is 5.82 Å². The molecule has 0 amide bonds. The summed E-state index contributed by atoms with van der Waals surface area (Å²) in [5.41, 5.74) is 0.855. The molecule has 4 heterocycles. The molecule has 10 nitrogen and oxygen atoms in total. The average Bonchev–Trinajstić information content (AvgIpc) is 3.20. The summed E-state index contributed by atoms with van der Waals surface area (Å²) in [6.07, 6.45) is 2.34. The Kier molecular flexibility index (Phi) is 6.07. The molecule has 3 aromatic rings. The van der Waals surface area contributed by atoms with Crippen molar-refractivity contribution in [2.45, 2.75) is 26.7 Å². The molecule has 12 heteroatoms. The fourth-order valence-electron chi connectivity index (χ4n) is 3.47. The van der Waals surface area contributed by atoms with Crippen molar-refractivity contribution in [2.24, 2.45) is 5.92 Å². The Morgan fingerprint density at radius 1 is 1.25 bits per heavy atom. The number of anilines is 5. The number of aromatic amines is 1. The number of nitriles is 1. The number of nitrogens with zero attached hydrogens (tertiary/aromatic N) is 8. The van der Waals surface area contributed by atoms with Crippen LogP contribution in [0.25, 0.3) is 0 Å². The third kappa shape index (κ3) is 4.56. The molecule has 0 radical (unpaired) electrons. The van der Waals surface area contributed by atoms with E-state index in [4.69, 9.17) is 0 Å². The Bertz CT molecular complexity index is 1130. The second-order valence-electron chi connectivity index (χ2n) is 7.41. The van der Waals surface area contributed by atoms with Crippen molar-refractivity contribution in [1.29, 1.82) is 5.26 Å². The number of hydrogen-bond donors (Lipinski definition) is 2. The van der Waals surface area contributed by atoms with E-state index >= 15 is 0 Å². The summed E-state index contributed by atoms with van der Waals surface area (Å²) >= 11 is 0. The number of pyridine rings is 1. The molecule has 0 aliphatic carbocycles. The largest absolute Gasteiger partial charge is 0.341 e. The first kappa shape index (κ1) is 21.4. The van der Waals surface area contributed by atoms with E-state index in [0.717, 1.165) is 18.0 Å². The predicted molar refractivity (Wildman–Crippen MR) is 114 cm³/mol. The van der Waals surface area contributed by atoms with Crippen molar-refractivity contribution in [1.82, 2.24) is 30.1 Å². The van der Waals surface area contributed by atoms with Gasteiger partial charge in [0.2, 0.25) is 17.8 Å². The summed E-state index contributed by atoms with van der Waals surface area (Å²) in [6, 6.07) is 4.86. The molecule has 166 valence electrons. The summed E-state index contributed by atoms with van der Waals surface area (Å²) in [5.74, 6) is -0.383. The maximum absolute atomic E-state index is 14.5. The zero-order chi connectivity index (χ0) is 22.7. The first-order chi connectivity index (χ1) is 15.5. The average molecular weight is 440 g/mol. The molecular weight excluding hydrogens is 418 g/mol. The van der Waals surface area contributed by atoms with Gasteiger partial charge in [-0.25, -0.2) is 13.8 Å². The summed E-state index contributed by atoms with van der Waals surface area (Å²) < 4.78 is 27.9. The van der Waals surface area contributed by atoms with Gasteiger partial charge in [-0.15, -0.1) is 0 Å². The Morgan fingerprint density at radius 2 is 2.03 bits per heavy atom. The fourth-order valence-corrected chi connectivity index (χ4v) is 3.47. The monoisotopic (exact) mass is 440 g/mol. The minimum Gasteiger partial charge on any atom is -0.341 e. The quantitative estimate of drug-likeness (QED) is 0.595. The molecule has 1 fully saturated rings. The van der Waals surface area contributed by atoms with Crippen LogP contribution in [0.5, 0.6) is 0 Å². The number of aromatic nitrogens is 6. The zero-order valence-corrected chi connectivity index (χ0v) is 17.7. The van der Waals surface area contributed by atoms with Crippen molar-refractivity contribution in [3.05, 3.63) is 35.7 Å². The lowest BCUT2D eigenvalue weighted by Crippen LogP contribution is -2.35. The number of halogens is 2. The first-order valence-corrected chi connectivity index (χ1v) is 10.2. The molecule has 1 aliphatic rings. The van der Waals surface area contributed by atoms with E-state index in [2.05, 4.69) is 41.5 Å². The molecular formula is C20H22F2N10. The molecule has 0 unspecified atom stereocenters. The van der Waals surface area contributed by atoms with Crippen molar-refractivity contribution >= 4 is 29.5 Å². The molecule has 32 heavy (non-hydrogen) atoms. The second-order valence-corrected chi connectivity index (χ2v) is 7.41. The molecule has 0 aromatic carbocycles. The van der Waals surface area contributed by atoms with E-state index < -0.39 is 11.6 Å². The number of aryl methyl sites for hydroxylation is 1. The standard InChI is InChI=1S/C20H22F2N10/c1-3-32(17-15(22)9-14(21)11-24-17)20-27-18(25-16-8-12(2)29-30-16)26-19(28-20)31-6-4-13(10-23)5-7-31/h8-9,11,13H,3-7H2,1-2H3,(H2,25,26,27,28,29,30). The van der Waals surface area contributed by atoms with Crippen LogP contribution in [-0.4, -0.2) is 49.8 Å². The van der Waals surface area contributed by atoms with Gasteiger partial charge in [0.05, 0.1) is 12.3 Å². The highest BCUT2D eigenvalue weighted by molar-refractivity contribution is 5.58. The van der Waals surface area contributed by atoms with Crippen LogP contribution < -0.4 is 15.1 Å². The molecule has 1 saturated heterocycles. The van der Waals surface area contributed by atoms with Crippen molar-refractivity contribution < 1.29 is 8.78 Å². The number of H-pyrrole nitrogens is 1. The molecule has 1 aliphatic heterocycles. The third-order valence-electron chi connectivity index (χ3n) is 5.12. The van der Waals surface area contributed by atoms with Crippen LogP contribution in [-0.2, 0) is 0 Å². The van der Waals surface area contributed by atoms with Gasteiger partial charge in [0.15, 0.2) is 17.5 Å². The minimum absolute atomic E-state index is 0.00170. The molecule has 2 N–H and O–H groups in total. The molecule has 0 atom stereocenters. The molecule has 4 rings (SSSR count). The smallest absolute Gasteiger partial charge is 0.237 e. The van der Waals surface area contributed by atoms with Crippen LogP contribution in [0.1, 0.15) is 25.5 Å². The maximum atomic E-state index is 14.5. The topological polar surface area (TPSA) is 123 Å². The van der Waals surface area contributed by atoms with Crippen molar-refractivity contribution in [3.63, 3.8) is 0 Å². The van der Waals surface area contributed by atoms with Crippen LogP contribution in [0, 0.1) is 35.8 Å². The van der Waals surface area contributed by atoms with Gasteiger partial charge in [-0.1, -0.05) is 0 Å². The lowest BCUT2D eigenvalue weighted by Gasteiger charge is -2.30. The minimum atomic E-state index is -0.818. The Hall–Kier alpha value is -3.88. The normalized spacial score (nSPS) is 14.3. The van der Waals surface area contributed by atoms with E-state index in [1.807, 2.05) is 11.8 Å². The van der Waals surface area contributed by atoms with Gasteiger partial charge in [-0.3, -0.25) is 10.00 Å². The van der Waals surface area contributed by atoms with Gasteiger partial charge in [-0.2, -0.15) is 25.3 Å². The Labute approximate surface area is 183 Å². The predicted octanol–water partition coefficient (Wildman–Crippen LogP) is 3.22. The lowest BCUT2D eigenvalue weighted by atomic mass is 9.99. The fraction of sp³-hybridized carbons (Fsp3) is 0.400. The number of rotatable bonds is 6. The zero-order valence-electron chi connectivity index (χ0n) is 17.7. The second kappa shape index (κ2) is 9.09. The highest BCUT2D eigenvalue weighted by atomic mass is 19.1. The van der Waals surface area contributed by atoms with Gasteiger partial charge in [0, 0.05) is 43.4 Å². The van der Waals surface area contributed by atoms with Crippen LogP contribution >= 0.6 is 0 Å². The van der Waals surface area contributed by atoms with Crippen molar-refractivity contribution in [3.8, 4) is 6.07 Å².